The first-order valence-corrected chi connectivity index (χ1v) is 8.61. The van der Waals surface area contributed by atoms with Crippen LogP contribution in [0.1, 0.15) is 36.3 Å². The first-order valence-electron chi connectivity index (χ1n) is 7.67. The molecule has 1 aromatic heterocycles. The molecule has 1 aliphatic rings. The Morgan fingerprint density at radius 1 is 1.19 bits per heavy atom. The maximum absolute atomic E-state index is 12.5. The van der Waals surface area contributed by atoms with Crippen molar-refractivity contribution < 1.29 is 4.79 Å². The number of carbonyl (C=O) groups is 1. The smallest absolute Gasteiger partial charge is 0.227 e. The molecule has 0 spiro atoms. The van der Waals surface area contributed by atoms with Crippen LogP contribution in [0, 0.1) is 0 Å². The average molecular weight is 299 g/mol. The van der Waals surface area contributed by atoms with E-state index in [0.717, 1.165) is 25.1 Å². The van der Waals surface area contributed by atoms with Gasteiger partial charge in [0.15, 0.2) is 0 Å². The van der Waals surface area contributed by atoms with Gasteiger partial charge in [0.1, 0.15) is 0 Å². The van der Waals surface area contributed by atoms with Crippen molar-refractivity contribution in [2.45, 2.75) is 31.6 Å². The molecule has 0 radical (unpaired) electrons. The zero-order valence-corrected chi connectivity index (χ0v) is 13.0. The van der Waals surface area contributed by atoms with Crippen LogP contribution in [0.15, 0.2) is 47.2 Å². The molecule has 0 N–H and O–H groups in total. The molecule has 1 atom stereocenters. The highest BCUT2D eigenvalue weighted by Crippen LogP contribution is 2.26. The molecular weight excluding hydrogens is 278 g/mol. The lowest BCUT2D eigenvalue weighted by Crippen LogP contribution is -2.35. The van der Waals surface area contributed by atoms with Crippen molar-refractivity contribution in [1.82, 2.24) is 4.90 Å². The first-order chi connectivity index (χ1) is 10.3. The number of rotatable bonds is 3. The van der Waals surface area contributed by atoms with Crippen molar-refractivity contribution in [3.8, 4) is 0 Å². The normalized spacial score (nSPS) is 19.2. The van der Waals surface area contributed by atoms with Crippen LogP contribution in [0.5, 0.6) is 0 Å². The molecule has 0 bridgehead atoms. The Bertz CT molecular complexity index is 564. The second-order valence-electron chi connectivity index (χ2n) is 5.75. The zero-order chi connectivity index (χ0) is 14.5. The Morgan fingerprint density at radius 3 is 2.81 bits per heavy atom. The van der Waals surface area contributed by atoms with Gasteiger partial charge in [-0.15, -0.1) is 0 Å². The minimum absolute atomic E-state index is 0.274. The summed E-state index contributed by atoms with van der Waals surface area (Å²) in [6.07, 6.45) is 4.07. The van der Waals surface area contributed by atoms with E-state index in [-0.39, 0.29) is 5.91 Å². The number of nitrogens with zero attached hydrogens (tertiary/aromatic N) is 1. The van der Waals surface area contributed by atoms with Gasteiger partial charge in [-0.3, -0.25) is 4.79 Å². The molecule has 2 heterocycles. The zero-order valence-electron chi connectivity index (χ0n) is 12.2. The summed E-state index contributed by atoms with van der Waals surface area (Å²) < 4.78 is 0. The average Bonchev–Trinajstić information content (AvgIpc) is 2.89. The lowest BCUT2D eigenvalue weighted by Gasteiger charge is -2.25. The summed E-state index contributed by atoms with van der Waals surface area (Å²) in [7, 11) is 0. The van der Waals surface area contributed by atoms with Crippen molar-refractivity contribution in [3.63, 3.8) is 0 Å². The Labute approximate surface area is 130 Å². The van der Waals surface area contributed by atoms with Gasteiger partial charge in [0.25, 0.3) is 0 Å². The third kappa shape index (κ3) is 3.73. The number of hydrogen-bond donors (Lipinski definition) is 0. The van der Waals surface area contributed by atoms with Crippen molar-refractivity contribution in [1.29, 1.82) is 0 Å². The van der Waals surface area contributed by atoms with Gasteiger partial charge in [-0.1, -0.05) is 36.8 Å². The minimum Gasteiger partial charge on any atom is -0.342 e. The Hall–Kier alpha value is -1.61. The van der Waals surface area contributed by atoms with Crippen LogP contribution in [-0.4, -0.2) is 23.9 Å². The Kier molecular flexibility index (Phi) is 4.71. The third-order valence-electron chi connectivity index (χ3n) is 4.23. The van der Waals surface area contributed by atoms with Gasteiger partial charge >= 0.3 is 0 Å². The third-order valence-corrected chi connectivity index (χ3v) is 4.96. The summed E-state index contributed by atoms with van der Waals surface area (Å²) in [6, 6.07) is 12.7. The number of thiophene rings is 1. The van der Waals surface area contributed by atoms with Crippen LogP contribution >= 0.6 is 11.3 Å². The molecule has 0 aliphatic carbocycles. The summed E-state index contributed by atoms with van der Waals surface area (Å²) in [4.78, 5) is 14.6. The quantitative estimate of drug-likeness (QED) is 0.836. The van der Waals surface area contributed by atoms with Gasteiger partial charge in [0, 0.05) is 19.0 Å². The van der Waals surface area contributed by atoms with E-state index in [2.05, 4.69) is 46.7 Å². The standard InChI is InChI=1S/C18H21NOS/c20-18(12-15-9-11-21-14-15)19-10-5-4-8-17(13-19)16-6-2-1-3-7-16/h1-3,6-7,9,11,14,17H,4-5,8,10,12-13H2. The van der Waals surface area contributed by atoms with Crippen molar-refractivity contribution >= 4 is 17.2 Å². The molecule has 1 aliphatic heterocycles. The van der Waals surface area contributed by atoms with Gasteiger partial charge in [-0.25, -0.2) is 0 Å². The molecule has 0 saturated carbocycles. The molecule has 2 aromatic rings. The fourth-order valence-electron chi connectivity index (χ4n) is 3.05. The van der Waals surface area contributed by atoms with E-state index >= 15 is 0 Å². The molecule has 1 unspecified atom stereocenters. The summed E-state index contributed by atoms with van der Waals surface area (Å²) in [5.41, 5.74) is 2.51. The van der Waals surface area contributed by atoms with Crippen LogP contribution in [0.25, 0.3) is 0 Å². The van der Waals surface area contributed by atoms with Crippen molar-refractivity contribution in [2.75, 3.05) is 13.1 Å². The van der Waals surface area contributed by atoms with E-state index in [4.69, 9.17) is 0 Å². The molecule has 1 amide bonds. The van der Waals surface area contributed by atoms with E-state index < -0.39 is 0 Å². The SMILES string of the molecule is O=C(Cc1ccsc1)N1CCCCC(c2ccccc2)C1. The van der Waals surface area contributed by atoms with Gasteiger partial charge < -0.3 is 4.90 Å². The highest BCUT2D eigenvalue weighted by Gasteiger charge is 2.23. The summed E-state index contributed by atoms with van der Waals surface area (Å²) >= 11 is 1.66. The predicted octanol–water partition coefficient (Wildman–Crippen LogP) is 4.09. The molecule has 110 valence electrons. The Morgan fingerprint density at radius 2 is 2.05 bits per heavy atom. The van der Waals surface area contributed by atoms with Gasteiger partial charge in [-0.05, 0) is 40.8 Å². The predicted molar refractivity (Wildman–Crippen MR) is 87.6 cm³/mol. The van der Waals surface area contributed by atoms with E-state index in [1.54, 1.807) is 11.3 Å². The second kappa shape index (κ2) is 6.90. The van der Waals surface area contributed by atoms with Crippen LogP contribution < -0.4 is 0 Å². The molecule has 3 rings (SSSR count). The highest BCUT2D eigenvalue weighted by molar-refractivity contribution is 7.07. The van der Waals surface area contributed by atoms with Crippen LogP contribution in [0.4, 0.5) is 0 Å². The van der Waals surface area contributed by atoms with E-state index in [1.807, 2.05) is 5.38 Å². The number of hydrogen-bond acceptors (Lipinski definition) is 2. The fourth-order valence-corrected chi connectivity index (χ4v) is 3.71. The Balaban J connectivity index is 1.68. The number of benzene rings is 1. The topological polar surface area (TPSA) is 20.3 Å². The molecular formula is C18H21NOS. The van der Waals surface area contributed by atoms with Gasteiger partial charge in [0.2, 0.25) is 5.91 Å². The second-order valence-corrected chi connectivity index (χ2v) is 6.53. The molecule has 1 aromatic carbocycles. The molecule has 1 fully saturated rings. The summed E-state index contributed by atoms with van der Waals surface area (Å²) in [5.74, 6) is 0.761. The van der Waals surface area contributed by atoms with E-state index in [1.165, 1.54) is 18.4 Å². The van der Waals surface area contributed by atoms with Gasteiger partial charge in [0.05, 0.1) is 6.42 Å². The summed E-state index contributed by atoms with van der Waals surface area (Å²) in [6.45, 7) is 1.78. The molecule has 21 heavy (non-hydrogen) atoms. The van der Waals surface area contributed by atoms with Crippen LogP contribution in [0.2, 0.25) is 0 Å². The van der Waals surface area contributed by atoms with Gasteiger partial charge in [-0.2, -0.15) is 11.3 Å². The molecule has 3 heteroatoms. The fraction of sp³-hybridized carbons (Fsp3) is 0.389. The minimum atomic E-state index is 0.274. The lowest BCUT2D eigenvalue weighted by molar-refractivity contribution is -0.130. The van der Waals surface area contributed by atoms with E-state index in [0.29, 0.717) is 12.3 Å². The molecule has 2 nitrogen and oxygen atoms in total. The van der Waals surface area contributed by atoms with Crippen LogP contribution in [-0.2, 0) is 11.2 Å². The van der Waals surface area contributed by atoms with Crippen molar-refractivity contribution in [3.05, 3.63) is 58.3 Å². The summed E-state index contributed by atoms with van der Waals surface area (Å²) in [5, 5.41) is 4.11. The molecule has 1 saturated heterocycles. The monoisotopic (exact) mass is 299 g/mol. The largest absolute Gasteiger partial charge is 0.342 e. The maximum Gasteiger partial charge on any atom is 0.227 e. The maximum atomic E-state index is 12.5. The van der Waals surface area contributed by atoms with Crippen LogP contribution in [0.3, 0.4) is 0 Å². The van der Waals surface area contributed by atoms with E-state index in [9.17, 15) is 4.79 Å². The number of amides is 1. The first kappa shape index (κ1) is 14.3. The van der Waals surface area contributed by atoms with Crippen molar-refractivity contribution in [2.24, 2.45) is 0 Å². The number of likely N-dealkylation sites (tertiary alicyclic amines) is 1. The number of carbonyl (C=O) groups excluding carboxylic acids is 1. The highest BCUT2D eigenvalue weighted by atomic mass is 32.1. The lowest BCUT2D eigenvalue weighted by atomic mass is 9.94.